The van der Waals surface area contributed by atoms with Crippen LogP contribution in [0.1, 0.15) is 19.8 Å². The van der Waals surface area contributed by atoms with Gasteiger partial charge in [-0.3, -0.25) is 5.32 Å². The molecule has 1 aromatic heterocycles. The molecule has 2 aromatic rings. The van der Waals surface area contributed by atoms with Gasteiger partial charge < -0.3 is 10.3 Å². The Balaban J connectivity index is 1.83. The van der Waals surface area contributed by atoms with Crippen molar-refractivity contribution >= 4 is 23.0 Å². The van der Waals surface area contributed by atoms with Crippen molar-refractivity contribution in [1.82, 2.24) is 15.3 Å². The number of hydrogen-bond acceptors (Lipinski definition) is 2. The summed E-state index contributed by atoms with van der Waals surface area (Å²) in [5.41, 5.74) is 2.86. The average Bonchev–Trinajstić information content (AvgIpc) is 2.76. The van der Waals surface area contributed by atoms with Crippen molar-refractivity contribution in [2.45, 2.75) is 19.8 Å². The van der Waals surface area contributed by atoms with Gasteiger partial charge in [-0.1, -0.05) is 17.7 Å². The van der Waals surface area contributed by atoms with Gasteiger partial charge in [0.2, 0.25) is 5.95 Å². The number of rotatable bonds is 5. The highest BCUT2D eigenvalue weighted by atomic mass is 16.2. The number of amides is 2. The Morgan fingerprint density at radius 3 is 2.95 bits per heavy atom. The van der Waals surface area contributed by atoms with Crippen molar-refractivity contribution in [3.63, 3.8) is 0 Å². The predicted molar refractivity (Wildman–Crippen MR) is 77.2 cm³/mol. The number of fused-ring (bicyclic) bond motifs is 1. The van der Waals surface area contributed by atoms with Crippen molar-refractivity contribution < 1.29 is 4.79 Å². The number of hydrogen-bond donors (Lipinski definition) is 3. The number of benzene rings is 1. The summed E-state index contributed by atoms with van der Waals surface area (Å²) < 4.78 is 0. The fraction of sp³-hybridized carbons (Fsp3) is 0.286. The largest absolute Gasteiger partial charge is 0.338 e. The maximum atomic E-state index is 11.6. The second kappa shape index (κ2) is 6.04. The lowest BCUT2D eigenvalue weighted by atomic mass is 10.2. The Labute approximate surface area is 112 Å². The van der Waals surface area contributed by atoms with E-state index in [1.165, 1.54) is 0 Å². The molecular formula is C14H18N4O. The molecule has 19 heavy (non-hydrogen) atoms. The molecule has 0 unspecified atom stereocenters. The van der Waals surface area contributed by atoms with E-state index in [1.54, 1.807) is 0 Å². The van der Waals surface area contributed by atoms with Crippen LogP contribution in [-0.2, 0) is 0 Å². The van der Waals surface area contributed by atoms with Gasteiger partial charge in [-0.05, 0) is 31.9 Å². The molecule has 1 aromatic carbocycles. The smallest absolute Gasteiger partial charge is 0.321 e. The van der Waals surface area contributed by atoms with E-state index in [0.717, 1.165) is 29.4 Å². The Morgan fingerprint density at radius 1 is 1.42 bits per heavy atom. The Hall–Kier alpha value is -2.30. The van der Waals surface area contributed by atoms with Crippen LogP contribution in [0.25, 0.3) is 11.0 Å². The van der Waals surface area contributed by atoms with Crippen LogP contribution in [0.5, 0.6) is 0 Å². The first-order chi connectivity index (χ1) is 9.15. The third-order valence-electron chi connectivity index (χ3n) is 2.69. The van der Waals surface area contributed by atoms with E-state index >= 15 is 0 Å². The molecule has 100 valence electrons. The molecule has 0 atom stereocenters. The maximum Gasteiger partial charge on any atom is 0.321 e. The van der Waals surface area contributed by atoms with Crippen molar-refractivity contribution in [1.29, 1.82) is 0 Å². The molecule has 0 aliphatic carbocycles. The molecule has 0 aliphatic rings. The van der Waals surface area contributed by atoms with Gasteiger partial charge in [0, 0.05) is 6.54 Å². The van der Waals surface area contributed by atoms with Crippen LogP contribution in [0.3, 0.4) is 0 Å². The van der Waals surface area contributed by atoms with Crippen LogP contribution < -0.4 is 10.6 Å². The zero-order chi connectivity index (χ0) is 13.7. The number of carbonyl (C=O) groups is 1. The lowest BCUT2D eigenvalue weighted by Crippen LogP contribution is -2.29. The van der Waals surface area contributed by atoms with Gasteiger partial charge in [-0.2, -0.15) is 0 Å². The number of carbonyl (C=O) groups excluding carboxylic acids is 1. The molecule has 5 nitrogen and oxygen atoms in total. The number of allylic oxidation sites excluding steroid dienone is 1. The lowest BCUT2D eigenvalue weighted by Gasteiger charge is -2.05. The number of nitrogens with zero attached hydrogens (tertiary/aromatic N) is 1. The summed E-state index contributed by atoms with van der Waals surface area (Å²) in [7, 11) is 0. The topological polar surface area (TPSA) is 69.8 Å². The van der Waals surface area contributed by atoms with Crippen molar-refractivity contribution in [3.8, 4) is 0 Å². The molecule has 0 saturated carbocycles. The van der Waals surface area contributed by atoms with Crippen LogP contribution in [0.2, 0.25) is 0 Å². The zero-order valence-electron chi connectivity index (χ0n) is 11.0. The number of H-pyrrole nitrogens is 1. The fourth-order valence-corrected chi connectivity index (χ4v) is 1.76. The zero-order valence-corrected chi connectivity index (χ0v) is 11.0. The predicted octanol–water partition coefficient (Wildman–Crippen LogP) is 3.04. The summed E-state index contributed by atoms with van der Waals surface area (Å²) in [5.74, 6) is 0.457. The van der Waals surface area contributed by atoms with E-state index in [9.17, 15) is 4.79 Å². The molecule has 3 N–H and O–H groups in total. The van der Waals surface area contributed by atoms with Crippen LogP contribution in [0.15, 0.2) is 36.4 Å². The van der Waals surface area contributed by atoms with Gasteiger partial charge in [-0.15, -0.1) is 6.58 Å². The molecular weight excluding hydrogens is 240 g/mol. The maximum absolute atomic E-state index is 11.6. The summed E-state index contributed by atoms with van der Waals surface area (Å²) in [6, 6.07) is 7.38. The Bertz CT molecular complexity index is 555. The van der Waals surface area contributed by atoms with Crippen LogP contribution in [0.4, 0.5) is 10.7 Å². The molecule has 2 amide bonds. The minimum Gasteiger partial charge on any atom is -0.338 e. The monoisotopic (exact) mass is 258 g/mol. The molecule has 0 spiro atoms. The van der Waals surface area contributed by atoms with E-state index in [-0.39, 0.29) is 6.03 Å². The summed E-state index contributed by atoms with van der Waals surface area (Å²) in [5, 5.41) is 5.46. The summed E-state index contributed by atoms with van der Waals surface area (Å²) in [6.45, 7) is 6.43. The summed E-state index contributed by atoms with van der Waals surface area (Å²) in [4.78, 5) is 18.9. The Morgan fingerprint density at radius 2 is 2.21 bits per heavy atom. The molecule has 0 bridgehead atoms. The molecule has 0 aliphatic heterocycles. The quantitative estimate of drug-likeness (QED) is 0.570. The minimum absolute atomic E-state index is 0.249. The second-order valence-corrected chi connectivity index (χ2v) is 4.54. The van der Waals surface area contributed by atoms with Gasteiger partial charge >= 0.3 is 6.03 Å². The van der Waals surface area contributed by atoms with E-state index in [1.807, 2.05) is 31.2 Å². The number of aromatic nitrogens is 2. The minimum atomic E-state index is -0.249. The lowest BCUT2D eigenvalue weighted by molar-refractivity contribution is 0.252. The van der Waals surface area contributed by atoms with Gasteiger partial charge in [0.25, 0.3) is 0 Å². The summed E-state index contributed by atoms with van der Waals surface area (Å²) in [6.07, 6.45) is 1.81. The number of nitrogens with one attached hydrogen (secondary N) is 3. The first-order valence-electron chi connectivity index (χ1n) is 6.29. The van der Waals surface area contributed by atoms with Gasteiger partial charge in [0.15, 0.2) is 0 Å². The number of aromatic amines is 1. The van der Waals surface area contributed by atoms with Crippen molar-refractivity contribution in [2.75, 3.05) is 11.9 Å². The molecule has 0 fully saturated rings. The third-order valence-corrected chi connectivity index (χ3v) is 2.69. The highest BCUT2D eigenvalue weighted by Gasteiger charge is 2.05. The normalized spacial score (nSPS) is 10.4. The van der Waals surface area contributed by atoms with Crippen LogP contribution in [0, 0.1) is 0 Å². The van der Waals surface area contributed by atoms with Gasteiger partial charge in [0.05, 0.1) is 11.0 Å². The number of urea groups is 1. The van der Waals surface area contributed by atoms with E-state index in [2.05, 4.69) is 27.2 Å². The van der Waals surface area contributed by atoms with E-state index in [4.69, 9.17) is 0 Å². The molecule has 2 rings (SSSR count). The summed E-state index contributed by atoms with van der Waals surface area (Å²) >= 11 is 0. The average molecular weight is 258 g/mol. The molecule has 0 radical (unpaired) electrons. The van der Waals surface area contributed by atoms with E-state index < -0.39 is 0 Å². The van der Waals surface area contributed by atoms with Gasteiger partial charge in [-0.25, -0.2) is 9.78 Å². The third kappa shape index (κ3) is 3.84. The van der Waals surface area contributed by atoms with Crippen molar-refractivity contribution in [2.24, 2.45) is 0 Å². The number of imidazole rings is 1. The van der Waals surface area contributed by atoms with Gasteiger partial charge in [0.1, 0.15) is 0 Å². The highest BCUT2D eigenvalue weighted by Crippen LogP contribution is 2.12. The molecule has 5 heteroatoms. The highest BCUT2D eigenvalue weighted by molar-refractivity contribution is 5.89. The fourth-order valence-electron chi connectivity index (χ4n) is 1.76. The number of anilines is 1. The molecule has 0 saturated heterocycles. The van der Waals surface area contributed by atoms with Crippen LogP contribution in [-0.4, -0.2) is 22.5 Å². The standard InChI is InChI=1S/C14H18N4O/c1-10(2)6-5-9-15-14(19)18-13-16-11-7-3-4-8-12(11)17-13/h3-4,7-8H,1,5-6,9H2,2H3,(H3,15,16,17,18,19). The Kier molecular flexibility index (Phi) is 4.18. The number of para-hydroxylation sites is 2. The first kappa shape index (κ1) is 13.1. The first-order valence-corrected chi connectivity index (χ1v) is 6.29. The van der Waals surface area contributed by atoms with Crippen LogP contribution >= 0.6 is 0 Å². The van der Waals surface area contributed by atoms with E-state index in [0.29, 0.717) is 12.5 Å². The second-order valence-electron chi connectivity index (χ2n) is 4.54. The SMILES string of the molecule is C=C(C)CCCNC(=O)Nc1nc2ccccc2[nH]1. The molecule has 1 heterocycles. The van der Waals surface area contributed by atoms with Crippen molar-refractivity contribution in [3.05, 3.63) is 36.4 Å².